The summed E-state index contributed by atoms with van der Waals surface area (Å²) in [5.41, 5.74) is 0.506. The smallest absolute Gasteiger partial charge is 0.416 e. The highest BCUT2D eigenvalue weighted by molar-refractivity contribution is 6.23. The minimum Gasteiger partial charge on any atom is -0.479 e. The fraction of sp³-hybridized carbons (Fsp3) is 0.360. The van der Waals surface area contributed by atoms with E-state index in [0.717, 1.165) is 22.6 Å². The Bertz CT molecular complexity index is 1300. The number of alkyl halides is 3. The first-order valence-corrected chi connectivity index (χ1v) is 11.2. The third-order valence-electron chi connectivity index (χ3n) is 7.58. The number of nitriles is 1. The summed E-state index contributed by atoms with van der Waals surface area (Å²) in [5, 5.41) is 12.9. The SMILES string of the molecule is N#CCOc1ccc(C2=NOC3C4CC(C23)C2C(=O)N(c3cccc(C(F)(F)F)c3)C(=O)C42)cc1. The van der Waals surface area contributed by atoms with E-state index >= 15 is 0 Å². The monoisotopic (exact) mass is 481 g/mol. The average Bonchev–Trinajstić information content (AvgIpc) is 3.58. The summed E-state index contributed by atoms with van der Waals surface area (Å²) in [6, 6.07) is 13.3. The molecule has 10 heteroatoms. The van der Waals surface area contributed by atoms with Crippen LogP contribution in [0, 0.1) is 40.9 Å². The number of ether oxygens (including phenoxy) is 1. The molecule has 2 saturated carbocycles. The van der Waals surface area contributed by atoms with E-state index in [-0.39, 0.29) is 36.2 Å². The second kappa shape index (κ2) is 7.57. The maximum Gasteiger partial charge on any atom is 0.416 e. The minimum atomic E-state index is -4.58. The van der Waals surface area contributed by atoms with E-state index in [2.05, 4.69) is 5.16 Å². The Morgan fingerprint density at radius 2 is 1.77 bits per heavy atom. The molecule has 0 radical (unpaired) electrons. The molecule has 178 valence electrons. The van der Waals surface area contributed by atoms with Gasteiger partial charge in [0, 0.05) is 17.4 Å². The van der Waals surface area contributed by atoms with Crippen molar-refractivity contribution >= 4 is 23.2 Å². The predicted molar refractivity (Wildman–Crippen MR) is 115 cm³/mol. The molecule has 6 atom stereocenters. The van der Waals surface area contributed by atoms with E-state index in [9.17, 15) is 22.8 Å². The van der Waals surface area contributed by atoms with Crippen molar-refractivity contribution in [3.63, 3.8) is 0 Å². The van der Waals surface area contributed by atoms with Crippen molar-refractivity contribution in [2.75, 3.05) is 11.5 Å². The Labute approximate surface area is 197 Å². The van der Waals surface area contributed by atoms with Gasteiger partial charge in [0.05, 0.1) is 28.8 Å². The lowest BCUT2D eigenvalue weighted by atomic mass is 9.71. The average molecular weight is 481 g/mol. The van der Waals surface area contributed by atoms with Crippen LogP contribution in [0.4, 0.5) is 18.9 Å². The van der Waals surface area contributed by atoms with Crippen LogP contribution in [0.1, 0.15) is 17.5 Å². The standard InChI is InChI=1S/C25H18F3N3O4/c26-25(27,28)13-2-1-3-14(10-13)31-23(32)18-16-11-17(19(18)24(31)33)22-20(16)21(30-35-22)12-4-6-15(7-5-12)34-9-8-29/h1-7,10,16-20,22H,9,11H2. The van der Waals surface area contributed by atoms with E-state index in [1.54, 1.807) is 24.3 Å². The van der Waals surface area contributed by atoms with Crippen molar-refractivity contribution in [3.05, 3.63) is 59.7 Å². The summed E-state index contributed by atoms with van der Waals surface area (Å²) in [6.45, 7) is -0.0700. The summed E-state index contributed by atoms with van der Waals surface area (Å²) < 4.78 is 44.9. The third kappa shape index (κ3) is 3.14. The molecule has 0 N–H and O–H groups in total. The number of imide groups is 1. The lowest BCUT2D eigenvalue weighted by Crippen LogP contribution is -2.41. The van der Waals surface area contributed by atoms with E-state index in [1.165, 1.54) is 12.1 Å². The molecule has 2 aliphatic heterocycles. The van der Waals surface area contributed by atoms with Crippen LogP contribution in [0.2, 0.25) is 0 Å². The molecule has 3 fully saturated rings. The van der Waals surface area contributed by atoms with Gasteiger partial charge in [-0.3, -0.25) is 14.5 Å². The molecular weight excluding hydrogens is 463 g/mol. The van der Waals surface area contributed by atoms with Crippen molar-refractivity contribution in [2.45, 2.75) is 18.7 Å². The van der Waals surface area contributed by atoms with E-state index in [4.69, 9.17) is 14.8 Å². The topological polar surface area (TPSA) is 92.0 Å². The van der Waals surface area contributed by atoms with Gasteiger partial charge in [-0.1, -0.05) is 11.2 Å². The van der Waals surface area contributed by atoms with Gasteiger partial charge in [-0.15, -0.1) is 0 Å². The number of oxime groups is 1. The van der Waals surface area contributed by atoms with Crippen molar-refractivity contribution in [1.29, 1.82) is 5.26 Å². The molecule has 2 aromatic rings. The largest absolute Gasteiger partial charge is 0.479 e. The van der Waals surface area contributed by atoms with Crippen LogP contribution >= 0.6 is 0 Å². The molecule has 0 aromatic heterocycles. The highest BCUT2D eigenvalue weighted by atomic mass is 19.4. The number of carbonyl (C=O) groups is 2. The molecule has 2 heterocycles. The Morgan fingerprint density at radius 1 is 1.06 bits per heavy atom. The van der Waals surface area contributed by atoms with Crippen LogP contribution in [0.15, 0.2) is 53.7 Å². The Balaban J connectivity index is 1.28. The number of amides is 2. The number of benzene rings is 2. The van der Waals surface area contributed by atoms with Gasteiger partial charge >= 0.3 is 6.18 Å². The lowest BCUT2D eigenvalue weighted by Gasteiger charge is -2.29. The molecule has 6 rings (SSSR count). The van der Waals surface area contributed by atoms with Gasteiger partial charge in [0.1, 0.15) is 17.9 Å². The second-order valence-corrected chi connectivity index (χ2v) is 9.22. The molecule has 2 aromatic carbocycles. The number of halogens is 3. The quantitative estimate of drug-likeness (QED) is 0.620. The van der Waals surface area contributed by atoms with Gasteiger partial charge in [-0.2, -0.15) is 18.4 Å². The second-order valence-electron chi connectivity index (χ2n) is 9.22. The number of fused-ring (bicyclic) bond motifs is 8. The number of nitrogens with zero attached hydrogens (tertiary/aromatic N) is 3. The normalized spacial score (nSPS) is 30.6. The first-order chi connectivity index (χ1) is 16.8. The Morgan fingerprint density at radius 3 is 2.46 bits per heavy atom. The van der Waals surface area contributed by atoms with Gasteiger partial charge in [0.15, 0.2) is 6.61 Å². The van der Waals surface area contributed by atoms with Crippen LogP contribution < -0.4 is 9.64 Å². The predicted octanol–water partition coefficient (Wildman–Crippen LogP) is 3.78. The molecular formula is C25H18F3N3O4. The lowest BCUT2D eigenvalue weighted by molar-refractivity contribution is -0.137. The van der Waals surface area contributed by atoms with Gasteiger partial charge < -0.3 is 9.57 Å². The van der Waals surface area contributed by atoms with Gasteiger partial charge in [-0.25, -0.2) is 0 Å². The fourth-order valence-corrected chi connectivity index (χ4v) is 6.28. The molecule has 1 saturated heterocycles. The zero-order chi connectivity index (χ0) is 24.5. The summed E-state index contributed by atoms with van der Waals surface area (Å²) in [4.78, 5) is 33.4. The highest BCUT2D eigenvalue weighted by Gasteiger charge is 2.70. The molecule has 6 unspecified atom stereocenters. The number of rotatable bonds is 4. The maximum atomic E-state index is 13.4. The first-order valence-electron chi connectivity index (χ1n) is 11.2. The Kier molecular flexibility index (Phi) is 4.68. The van der Waals surface area contributed by atoms with Crippen LogP contribution in [0.3, 0.4) is 0 Å². The molecule has 2 amide bonds. The van der Waals surface area contributed by atoms with Gasteiger partial charge in [0.2, 0.25) is 11.8 Å². The molecule has 2 bridgehead atoms. The van der Waals surface area contributed by atoms with Crippen molar-refractivity contribution in [1.82, 2.24) is 0 Å². The van der Waals surface area contributed by atoms with Crippen molar-refractivity contribution in [2.24, 2.45) is 34.7 Å². The number of hydrogen-bond donors (Lipinski definition) is 0. The van der Waals surface area contributed by atoms with Crippen molar-refractivity contribution in [3.8, 4) is 11.8 Å². The summed E-state index contributed by atoms with van der Waals surface area (Å²) >= 11 is 0. The number of anilines is 1. The van der Waals surface area contributed by atoms with Crippen LogP contribution in [0.5, 0.6) is 5.75 Å². The highest BCUT2D eigenvalue weighted by Crippen LogP contribution is 2.62. The van der Waals surface area contributed by atoms with Crippen molar-refractivity contribution < 1.29 is 32.3 Å². The number of carbonyl (C=O) groups excluding carboxylic acids is 2. The zero-order valence-corrected chi connectivity index (χ0v) is 18.1. The van der Waals surface area contributed by atoms with E-state index in [1.807, 2.05) is 6.07 Å². The molecule has 0 spiro atoms. The molecule has 2 aliphatic carbocycles. The van der Waals surface area contributed by atoms with Crippen LogP contribution in [0.25, 0.3) is 0 Å². The summed E-state index contributed by atoms with van der Waals surface area (Å²) in [7, 11) is 0. The minimum absolute atomic E-state index is 0.0587. The maximum absolute atomic E-state index is 13.4. The first kappa shape index (κ1) is 21.6. The van der Waals surface area contributed by atoms with Crippen LogP contribution in [-0.4, -0.2) is 30.2 Å². The zero-order valence-electron chi connectivity index (χ0n) is 18.1. The summed E-state index contributed by atoms with van der Waals surface area (Å²) in [6.07, 6.45) is -4.31. The number of hydrogen-bond acceptors (Lipinski definition) is 6. The van der Waals surface area contributed by atoms with E-state index in [0.29, 0.717) is 17.9 Å². The van der Waals surface area contributed by atoms with Gasteiger partial charge in [0.25, 0.3) is 0 Å². The Hall–Kier alpha value is -3.87. The van der Waals surface area contributed by atoms with Crippen LogP contribution in [-0.2, 0) is 20.6 Å². The molecule has 4 aliphatic rings. The molecule has 7 nitrogen and oxygen atoms in total. The fourth-order valence-electron chi connectivity index (χ4n) is 6.28. The third-order valence-corrected chi connectivity index (χ3v) is 7.58. The van der Waals surface area contributed by atoms with Gasteiger partial charge in [-0.05, 0) is 54.8 Å². The molecule has 35 heavy (non-hydrogen) atoms. The van der Waals surface area contributed by atoms with E-state index < -0.39 is 35.4 Å². The summed E-state index contributed by atoms with van der Waals surface area (Å²) in [5.74, 6) is -2.26.